The molecule has 0 atom stereocenters. The molecule has 4 aliphatic rings. The molecule has 0 saturated heterocycles. The number of carbonyl (C=O) groups is 1. The molecule has 0 radical (unpaired) electrons. The van der Waals surface area contributed by atoms with Crippen molar-refractivity contribution in [3.8, 4) is 0 Å². The summed E-state index contributed by atoms with van der Waals surface area (Å²) in [5, 5.41) is 13.0. The van der Waals surface area contributed by atoms with Crippen LogP contribution in [0.15, 0.2) is 23.4 Å². The van der Waals surface area contributed by atoms with E-state index >= 15 is 0 Å². The van der Waals surface area contributed by atoms with E-state index in [1.54, 1.807) is 6.07 Å². The van der Waals surface area contributed by atoms with Crippen LogP contribution < -0.4 is 5.32 Å². The van der Waals surface area contributed by atoms with Gasteiger partial charge in [0, 0.05) is 18.0 Å². The normalized spacial score (nSPS) is 29.7. The second-order valence-electron chi connectivity index (χ2n) is 9.52. The Balaban J connectivity index is 1.18. The maximum Gasteiger partial charge on any atom is 0.230 e. The second-order valence-corrected chi connectivity index (χ2v) is 10.5. The zero-order valence-corrected chi connectivity index (χ0v) is 17.7. The van der Waals surface area contributed by atoms with Crippen LogP contribution in [-0.2, 0) is 11.8 Å². The van der Waals surface area contributed by atoms with Crippen molar-refractivity contribution in [2.75, 3.05) is 5.75 Å². The maximum absolute atomic E-state index is 13.6. The zero-order chi connectivity index (χ0) is 20.5. The lowest BCUT2D eigenvalue weighted by molar-refractivity contribution is -0.124. The minimum atomic E-state index is -0.309. The minimum Gasteiger partial charge on any atom is -0.350 e. The van der Waals surface area contributed by atoms with Crippen LogP contribution >= 0.6 is 11.8 Å². The highest BCUT2D eigenvalue weighted by molar-refractivity contribution is 7.99. The summed E-state index contributed by atoms with van der Waals surface area (Å²) in [7, 11) is 1.88. The predicted molar refractivity (Wildman–Crippen MR) is 114 cm³/mol. The Morgan fingerprint density at radius 1 is 1.20 bits per heavy atom. The monoisotopic (exact) mass is 425 g/mol. The molecule has 8 heteroatoms. The lowest BCUT2D eigenvalue weighted by Crippen LogP contribution is -2.60. The third-order valence-electron chi connectivity index (χ3n) is 7.32. The molecule has 4 aliphatic carbocycles. The van der Waals surface area contributed by atoms with Crippen molar-refractivity contribution in [3.05, 3.63) is 24.0 Å². The van der Waals surface area contributed by atoms with Crippen LogP contribution in [0.3, 0.4) is 0 Å². The Bertz CT molecular complexity index is 1140. The molecule has 4 fully saturated rings. The van der Waals surface area contributed by atoms with E-state index in [9.17, 15) is 9.18 Å². The number of aromatic nitrogens is 4. The Labute approximate surface area is 178 Å². The van der Waals surface area contributed by atoms with Gasteiger partial charge in [-0.15, -0.1) is 10.2 Å². The van der Waals surface area contributed by atoms with Gasteiger partial charge in [-0.1, -0.05) is 11.8 Å². The Morgan fingerprint density at radius 3 is 2.60 bits per heavy atom. The van der Waals surface area contributed by atoms with Crippen LogP contribution in [0.5, 0.6) is 0 Å². The lowest BCUT2D eigenvalue weighted by Gasteiger charge is -2.56. The number of fused-ring (bicyclic) bond motifs is 3. The lowest BCUT2D eigenvalue weighted by atomic mass is 9.53. The Kier molecular flexibility index (Phi) is 4.10. The first-order valence-electron chi connectivity index (χ1n) is 10.7. The molecule has 30 heavy (non-hydrogen) atoms. The van der Waals surface area contributed by atoms with E-state index in [1.807, 2.05) is 11.6 Å². The fourth-order valence-electron chi connectivity index (χ4n) is 6.60. The highest BCUT2D eigenvalue weighted by Gasteiger charge is 2.51. The van der Waals surface area contributed by atoms with Crippen molar-refractivity contribution in [3.63, 3.8) is 0 Å². The third kappa shape index (κ3) is 2.99. The number of benzene rings is 1. The number of amides is 1. The fourth-order valence-corrected chi connectivity index (χ4v) is 7.18. The number of carbonyl (C=O) groups excluding carboxylic acids is 1. The smallest absolute Gasteiger partial charge is 0.230 e. The topological polar surface area (TPSA) is 72.7 Å². The number of thioether (sulfide) groups is 1. The molecule has 2 heterocycles. The largest absolute Gasteiger partial charge is 0.350 e. The second kappa shape index (κ2) is 6.64. The number of halogens is 1. The van der Waals surface area contributed by atoms with Crippen LogP contribution in [0.4, 0.5) is 4.39 Å². The van der Waals surface area contributed by atoms with E-state index < -0.39 is 0 Å². The van der Waals surface area contributed by atoms with E-state index in [0.29, 0.717) is 21.7 Å². The first-order valence-corrected chi connectivity index (χ1v) is 11.7. The quantitative estimate of drug-likeness (QED) is 0.643. The molecule has 156 valence electrons. The maximum atomic E-state index is 13.6. The molecule has 0 aliphatic heterocycles. The van der Waals surface area contributed by atoms with Crippen molar-refractivity contribution < 1.29 is 9.18 Å². The van der Waals surface area contributed by atoms with Gasteiger partial charge in [0.25, 0.3) is 0 Å². The fraction of sp³-hybridized carbons (Fsp3) is 0.545. The first kappa shape index (κ1) is 18.5. The van der Waals surface area contributed by atoms with Gasteiger partial charge in [0.05, 0.1) is 11.3 Å². The van der Waals surface area contributed by atoms with Crippen molar-refractivity contribution in [2.45, 2.75) is 49.2 Å². The molecular formula is C22H24FN5OS. The standard InChI is InChI=1S/C22H24FN5OS/c1-28-17-3-2-15(23)7-16(17)19-20(28)24-21(27-26-19)30-11-18(29)25-22-8-12-4-13(9-22)6-14(5-12)10-22/h2-3,7,12-14H,4-6,8-11H2,1H3,(H,25,29). The summed E-state index contributed by atoms with van der Waals surface area (Å²) in [6.45, 7) is 0. The van der Waals surface area contributed by atoms with Gasteiger partial charge < -0.3 is 9.88 Å². The molecule has 1 amide bonds. The van der Waals surface area contributed by atoms with E-state index in [1.165, 1.54) is 43.2 Å². The molecule has 0 spiro atoms. The third-order valence-corrected chi connectivity index (χ3v) is 8.15. The van der Waals surface area contributed by atoms with Crippen molar-refractivity contribution in [2.24, 2.45) is 24.8 Å². The number of rotatable bonds is 4. The van der Waals surface area contributed by atoms with E-state index in [0.717, 1.165) is 42.5 Å². The highest BCUT2D eigenvalue weighted by Crippen LogP contribution is 2.55. The molecule has 6 nitrogen and oxygen atoms in total. The molecule has 4 bridgehead atoms. The van der Waals surface area contributed by atoms with Crippen LogP contribution in [-0.4, -0.2) is 36.9 Å². The minimum absolute atomic E-state index is 0.0232. The molecule has 0 unspecified atom stereocenters. The van der Waals surface area contributed by atoms with Gasteiger partial charge in [0.2, 0.25) is 11.1 Å². The van der Waals surface area contributed by atoms with Gasteiger partial charge in [-0.2, -0.15) is 0 Å². The van der Waals surface area contributed by atoms with Crippen molar-refractivity contribution in [1.82, 2.24) is 25.1 Å². The van der Waals surface area contributed by atoms with E-state index in [4.69, 9.17) is 0 Å². The summed E-state index contributed by atoms with van der Waals surface area (Å²) in [5.41, 5.74) is 2.11. The van der Waals surface area contributed by atoms with E-state index in [2.05, 4.69) is 20.5 Å². The summed E-state index contributed by atoms with van der Waals surface area (Å²) in [5.74, 6) is 2.44. The Morgan fingerprint density at radius 2 is 1.90 bits per heavy atom. The van der Waals surface area contributed by atoms with Gasteiger partial charge in [0.1, 0.15) is 11.3 Å². The molecule has 7 rings (SSSR count). The number of nitrogens with one attached hydrogen (secondary N) is 1. The number of hydrogen-bond acceptors (Lipinski definition) is 5. The molecule has 1 aromatic carbocycles. The van der Waals surface area contributed by atoms with Gasteiger partial charge in [-0.05, 0) is 74.5 Å². The molecule has 1 N–H and O–H groups in total. The van der Waals surface area contributed by atoms with Crippen LogP contribution in [0.25, 0.3) is 22.1 Å². The highest BCUT2D eigenvalue weighted by atomic mass is 32.2. The SMILES string of the molecule is Cn1c2ccc(F)cc2c2nnc(SCC(=O)NC34CC5CC(CC(C5)C3)C4)nc21. The first-order chi connectivity index (χ1) is 14.5. The number of hydrogen-bond donors (Lipinski definition) is 1. The number of aryl methyl sites for hydroxylation is 1. The van der Waals surface area contributed by atoms with Crippen LogP contribution in [0.2, 0.25) is 0 Å². The summed E-state index contributed by atoms with van der Waals surface area (Å²) in [4.78, 5) is 17.3. The summed E-state index contributed by atoms with van der Waals surface area (Å²) >= 11 is 1.31. The Hall–Kier alpha value is -2.22. The van der Waals surface area contributed by atoms with Crippen LogP contribution in [0, 0.1) is 23.6 Å². The zero-order valence-electron chi connectivity index (χ0n) is 16.9. The van der Waals surface area contributed by atoms with Crippen LogP contribution in [0.1, 0.15) is 38.5 Å². The van der Waals surface area contributed by atoms with Gasteiger partial charge in [-0.3, -0.25) is 4.79 Å². The van der Waals surface area contributed by atoms with Gasteiger partial charge in [0.15, 0.2) is 5.65 Å². The average Bonchev–Trinajstić information content (AvgIpc) is 2.96. The summed E-state index contributed by atoms with van der Waals surface area (Å²) < 4.78 is 15.5. The van der Waals surface area contributed by atoms with E-state index in [-0.39, 0.29) is 23.0 Å². The molecular weight excluding hydrogens is 401 g/mol. The summed E-state index contributed by atoms with van der Waals surface area (Å²) in [6.07, 6.45) is 7.51. The summed E-state index contributed by atoms with van der Waals surface area (Å²) in [6, 6.07) is 4.61. The molecule has 3 aromatic rings. The molecule has 2 aromatic heterocycles. The van der Waals surface area contributed by atoms with Gasteiger partial charge >= 0.3 is 0 Å². The predicted octanol–water partition coefficient (Wildman–Crippen LogP) is 3.83. The number of nitrogens with zero attached hydrogens (tertiary/aromatic N) is 4. The van der Waals surface area contributed by atoms with Crippen molar-refractivity contribution >= 4 is 39.7 Å². The average molecular weight is 426 g/mol. The molecule has 4 saturated carbocycles. The van der Waals surface area contributed by atoms with Gasteiger partial charge in [-0.25, -0.2) is 9.37 Å². The van der Waals surface area contributed by atoms with Crippen molar-refractivity contribution in [1.29, 1.82) is 0 Å².